The summed E-state index contributed by atoms with van der Waals surface area (Å²) in [6.07, 6.45) is 2.81. The van der Waals surface area contributed by atoms with Crippen LogP contribution in [0.1, 0.15) is 44.4 Å². The Morgan fingerprint density at radius 2 is 2.03 bits per heavy atom. The second kappa shape index (κ2) is 7.73. The van der Waals surface area contributed by atoms with E-state index in [0.717, 1.165) is 13.3 Å². The van der Waals surface area contributed by atoms with Crippen LogP contribution in [0.2, 0.25) is 0 Å². The van der Waals surface area contributed by atoms with E-state index in [2.05, 4.69) is 15.0 Å². The van der Waals surface area contributed by atoms with Crippen molar-refractivity contribution in [1.82, 2.24) is 24.7 Å². The molecule has 0 aliphatic carbocycles. The van der Waals surface area contributed by atoms with Crippen molar-refractivity contribution >= 4 is 22.6 Å². The monoisotopic (exact) mass is 444 g/mol. The summed E-state index contributed by atoms with van der Waals surface area (Å²) in [6.45, 7) is 5.86. The molecule has 11 heteroatoms. The number of rotatable bonds is 6. The lowest BCUT2D eigenvalue weighted by Crippen LogP contribution is -2.39. The Morgan fingerprint density at radius 3 is 2.62 bits per heavy atom. The second-order valence-corrected chi connectivity index (χ2v) is 8.68. The van der Waals surface area contributed by atoms with Gasteiger partial charge in [0.15, 0.2) is 11.6 Å². The average Bonchev–Trinajstić information content (AvgIpc) is 3.26. The summed E-state index contributed by atoms with van der Waals surface area (Å²) in [5, 5.41) is 5.43. The molecule has 0 bridgehead atoms. The Kier molecular flexibility index (Phi) is 5.32. The van der Waals surface area contributed by atoms with E-state index in [1.54, 1.807) is 18.3 Å². The maximum Gasteiger partial charge on any atom is 0.303 e. The summed E-state index contributed by atoms with van der Waals surface area (Å²) in [4.78, 5) is 25.9. The van der Waals surface area contributed by atoms with E-state index in [-0.39, 0.29) is 17.8 Å². The fourth-order valence-corrected chi connectivity index (χ4v) is 3.85. The number of primary amides is 1. The van der Waals surface area contributed by atoms with Crippen molar-refractivity contribution in [3.8, 4) is 5.82 Å². The molecule has 1 aliphatic rings. The number of carbonyl (C=O) groups excluding carboxylic acids is 1. The molecular formula is C21H26F2N8O. The third-order valence-corrected chi connectivity index (χ3v) is 5.50. The van der Waals surface area contributed by atoms with E-state index in [0.29, 0.717) is 47.6 Å². The molecule has 4 N–H and O–H groups in total. The first-order valence-electron chi connectivity index (χ1n) is 10.4. The van der Waals surface area contributed by atoms with Crippen molar-refractivity contribution < 1.29 is 13.6 Å². The van der Waals surface area contributed by atoms with Gasteiger partial charge in [-0.2, -0.15) is 8.78 Å². The molecule has 0 spiro atoms. The van der Waals surface area contributed by atoms with E-state index in [1.807, 2.05) is 18.7 Å². The predicted octanol–water partition coefficient (Wildman–Crippen LogP) is 1.84. The molecule has 1 aliphatic heterocycles. The van der Waals surface area contributed by atoms with E-state index >= 15 is 0 Å². The SMILES string of the molecule is CCc1cc(-n2nc(N3CCC(C)(N)C3)c3cnc(CC(N)=O)cc32)nc(C(C)(F)F)n1. The number of amides is 1. The van der Waals surface area contributed by atoms with Gasteiger partial charge >= 0.3 is 5.92 Å². The fourth-order valence-electron chi connectivity index (χ4n) is 3.85. The molecule has 4 heterocycles. The Bertz CT molecular complexity index is 1180. The van der Waals surface area contributed by atoms with Crippen LogP contribution in [0.4, 0.5) is 14.6 Å². The first-order chi connectivity index (χ1) is 15.0. The van der Waals surface area contributed by atoms with Crippen molar-refractivity contribution in [3.63, 3.8) is 0 Å². The molecule has 32 heavy (non-hydrogen) atoms. The fraction of sp³-hybridized carbons (Fsp3) is 0.476. The van der Waals surface area contributed by atoms with Crippen molar-refractivity contribution in [1.29, 1.82) is 0 Å². The van der Waals surface area contributed by atoms with Gasteiger partial charge in [-0.05, 0) is 25.8 Å². The zero-order valence-electron chi connectivity index (χ0n) is 18.3. The molecule has 4 rings (SSSR count). The van der Waals surface area contributed by atoms with Gasteiger partial charge in [0.1, 0.15) is 0 Å². The zero-order valence-corrected chi connectivity index (χ0v) is 18.3. The van der Waals surface area contributed by atoms with Gasteiger partial charge in [0.2, 0.25) is 11.7 Å². The summed E-state index contributed by atoms with van der Waals surface area (Å²) >= 11 is 0. The molecule has 3 aromatic heterocycles. The summed E-state index contributed by atoms with van der Waals surface area (Å²) in [6, 6.07) is 3.32. The van der Waals surface area contributed by atoms with Crippen LogP contribution in [-0.2, 0) is 23.6 Å². The number of hydrogen-bond acceptors (Lipinski definition) is 7. The number of pyridine rings is 1. The van der Waals surface area contributed by atoms with E-state index < -0.39 is 17.7 Å². The largest absolute Gasteiger partial charge is 0.369 e. The molecule has 9 nitrogen and oxygen atoms in total. The minimum Gasteiger partial charge on any atom is -0.369 e. The molecule has 1 atom stereocenters. The average molecular weight is 444 g/mol. The third kappa shape index (κ3) is 4.24. The Morgan fingerprint density at radius 1 is 1.28 bits per heavy atom. The Balaban J connectivity index is 1.93. The van der Waals surface area contributed by atoms with Gasteiger partial charge in [-0.25, -0.2) is 14.6 Å². The highest BCUT2D eigenvalue weighted by atomic mass is 19.3. The number of nitrogens with two attached hydrogens (primary N) is 2. The number of aryl methyl sites for hydroxylation is 1. The molecule has 3 aromatic rings. The van der Waals surface area contributed by atoms with Gasteiger partial charge in [0, 0.05) is 43.5 Å². The molecule has 0 aromatic carbocycles. The van der Waals surface area contributed by atoms with Gasteiger partial charge < -0.3 is 16.4 Å². The minimum absolute atomic E-state index is 0.0523. The second-order valence-electron chi connectivity index (χ2n) is 8.68. The lowest BCUT2D eigenvalue weighted by atomic mass is 10.0. The van der Waals surface area contributed by atoms with Crippen molar-refractivity contribution in [3.05, 3.63) is 35.5 Å². The molecule has 1 amide bonds. The Hall–Kier alpha value is -3.21. The highest BCUT2D eigenvalue weighted by Crippen LogP contribution is 2.33. The summed E-state index contributed by atoms with van der Waals surface area (Å²) < 4.78 is 29.7. The highest BCUT2D eigenvalue weighted by molar-refractivity contribution is 5.92. The standard InChI is InChI=1S/C21H26F2N8O/c1-4-12-9-17(28-19(27-12)21(3,22)23)31-15-7-13(8-16(24)32)26-10-14(15)18(29-31)30-6-5-20(2,25)11-30/h7,9-10H,4-6,8,11,25H2,1-3H3,(H2,24,32). The van der Waals surface area contributed by atoms with Crippen LogP contribution >= 0.6 is 0 Å². The van der Waals surface area contributed by atoms with Crippen LogP contribution in [-0.4, -0.2) is 49.3 Å². The molecule has 1 fully saturated rings. The van der Waals surface area contributed by atoms with Crippen LogP contribution in [0, 0.1) is 0 Å². The van der Waals surface area contributed by atoms with E-state index in [4.69, 9.17) is 16.6 Å². The summed E-state index contributed by atoms with van der Waals surface area (Å²) in [5.74, 6) is -3.45. The molecule has 170 valence electrons. The first kappa shape index (κ1) is 22.0. The summed E-state index contributed by atoms with van der Waals surface area (Å²) in [5.41, 5.74) is 12.8. The van der Waals surface area contributed by atoms with Crippen LogP contribution in [0.3, 0.4) is 0 Å². The molecule has 1 unspecified atom stereocenters. The van der Waals surface area contributed by atoms with Gasteiger partial charge in [-0.15, -0.1) is 5.10 Å². The molecule has 0 saturated carbocycles. The Labute approximate surface area is 183 Å². The first-order valence-corrected chi connectivity index (χ1v) is 10.4. The number of halogens is 2. The summed E-state index contributed by atoms with van der Waals surface area (Å²) in [7, 11) is 0. The molecule has 1 saturated heterocycles. The smallest absolute Gasteiger partial charge is 0.303 e. The third-order valence-electron chi connectivity index (χ3n) is 5.50. The number of aromatic nitrogens is 5. The van der Waals surface area contributed by atoms with Crippen molar-refractivity contribution in [2.24, 2.45) is 11.5 Å². The quantitative estimate of drug-likeness (QED) is 0.593. The molecular weight excluding hydrogens is 418 g/mol. The molecule has 0 radical (unpaired) electrons. The number of anilines is 1. The van der Waals surface area contributed by atoms with Gasteiger partial charge in [-0.1, -0.05) is 6.92 Å². The lowest BCUT2D eigenvalue weighted by molar-refractivity contribution is -0.117. The van der Waals surface area contributed by atoms with Crippen molar-refractivity contribution in [2.45, 2.75) is 51.5 Å². The van der Waals surface area contributed by atoms with Crippen LogP contribution < -0.4 is 16.4 Å². The topological polar surface area (TPSA) is 129 Å². The number of fused-ring (bicyclic) bond motifs is 1. The van der Waals surface area contributed by atoms with E-state index in [1.165, 1.54) is 4.68 Å². The van der Waals surface area contributed by atoms with Gasteiger partial charge in [-0.3, -0.25) is 9.78 Å². The van der Waals surface area contributed by atoms with Gasteiger partial charge in [0.05, 0.1) is 23.0 Å². The maximum absolute atomic E-state index is 14.1. The normalized spacial score (nSPS) is 19.1. The van der Waals surface area contributed by atoms with Crippen molar-refractivity contribution in [2.75, 3.05) is 18.0 Å². The minimum atomic E-state index is -3.21. The van der Waals surface area contributed by atoms with Crippen LogP contribution in [0.5, 0.6) is 0 Å². The maximum atomic E-state index is 14.1. The van der Waals surface area contributed by atoms with Gasteiger partial charge in [0.25, 0.3) is 0 Å². The number of nitrogens with zero attached hydrogens (tertiary/aromatic N) is 6. The van der Waals surface area contributed by atoms with Crippen LogP contribution in [0.15, 0.2) is 18.3 Å². The predicted molar refractivity (Wildman–Crippen MR) is 116 cm³/mol. The number of alkyl halides is 2. The number of hydrogen-bond donors (Lipinski definition) is 2. The lowest BCUT2D eigenvalue weighted by Gasteiger charge is -2.19. The zero-order chi connectivity index (χ0) is 23.3. The highest BCUT2D eigenvalue weighted by Gasteiger charge is 2.33. The van der Waals surface area contributed by atoms with Crippen LogP contribution in [0.25, 0.3) is 16.7 Å². The number of carbonyl (C=O) groups is 1. The van der Waals surface area contributed by atoms with E-state index in [9.17, 15) is 13.6 Å².